The Balaban J connectivity index is 1.63. The van der Waals surface area contributed by atoms with Gasteiger partial charge in [0.1, 0.15) is 17.9 Å². The number of amides is 1. The van der Waals surface area contributed by atoms with Crippen molar-refractivity contribution < 1.29 is 14.1 Å². The molecule has 34 heavy (non-hydrogen) atoms. The maximum absolute atomic E-state index is 13.4. The molecular formula is C26H26N4O4. The zero-order valence-corrected chi connectivity index (χ0v) is 19.6. The highest BCUT2D eigenvalue weighted by Crippen LogP contribution is 2.25. The van der Waals surface area contributed by atoms with Crippen LogP contribution in [0.4, 0.5) is 5.69 Å². The molecule has 0 atom stereocenters. The van der Waals surface area contributed by atoms with Crippen molar-refractivity contribution in [1.82, 2.24) is 14.7 Å². The van der Waals surface area contributed by atoms with Crippen LogP contribution in [0.1, 0.15) is 23.7 Å². The molecule has 2 heterocycles. The van der Waals surface area contributed by atoms with Gasteiger partial charge in [-0.25, -0.2) is 0 Å². The molecule has 4 aromatic rings. The number of ether oxygens (including phenoxy) is 1. The lowest BCUT2D eigenvalue weighted by molar-refractivity contribution is -0.116. The highest BCUT2D eigenvalue weighted by molar-refractivity contribution is 5.92. The highest BCUT2D eigenvalue weighted by atomic mass is 16.5. The number of aryl methyl sites for hydroxylation is 3. The first-order chi connectivity index (χ1) is 16.4. The number of para-hydroxylation sites is 2. The lowest BCUT2D eigenvalue weighted by atomic mass is 10.1. The lowest BCUT2D eigenvalue weighted by Gasteiger charge is -2.14. The first-order valence-corrected chi connectivity index (χ1v) is 11.0. The summed E-state index contributed by atoms with van der Waals surface area (Å²) >= 11 is 0. The predicted octanol–water partition coefficient (Wildman–Crippen LogP) is 4.53. The number of anilines is 1. The normalized spacial score (nSPS) is 10.8. The van der Waals surface area contributed by atoms with Gasteiger partial charge in [0.15, 0.2) is 0 Å². The summed E-state index contributed by atoms with van der Waals surface area (Å²) in [6.07, 6.45) is 0. The van der Waals surface area contributed by atoms with Crippen LogP contribution in [0.3, 0.4) is 0 Å². The molecule has 1 N–H and O–H groups in total. The third-order valence-corrected chi connectivity index (χ3v) is 5.42. The van der Waals surface area contributed by atoms with E-state index in [2.05, 4.69) is 15.5 Å². The van der Waals surface area contributed by atoms with Crippen LogP contribution < -0.4 is 15.6 Å². The average molecular weight is 459 g/mol. The van der Waals surface area contributed by atoms with E-state index >= 15 is 0 Å². The number of nitrogens with zero attached hydrogens (tertiary/aromatic N) is 3. The van der Waals surface area contributed by atoms with Crippen LogP contribution in [0.25, 0.3) is 22.8 Å². The number of pyridine rings is 1. The van der Waals surface area contributed by atoms with Crippen molar-refractivity contribution >= 4 is 11.6 Å². The van der Waals surface area contributed by atoms with Crippen LogP contribution in [0.15, 0.2) is 63.9 Å². The van der Waals surface area contributed by atoms with Crippen molar-refractivity contribution in [3.8, 4) is 28.6 Å². The number of hydrogen-bond donors (Lipinski definition) is 1. The topological polar surface area (TPSA) is 99.2 Å². The first kappa shape index (κ1) is 23.0. The van der Waals surface area contributed by atoms with Gasteiger partial charge in [0.25, 0.3) is 11.4 Å². The summed E-state index contributed by atoms with van der Waals surface area (Å²) in [5, 5.41) is 6.87. The molecule has 0 aliphatic carbocycles. The van der Waals surface area contributed by atoms with E-state index in [9.17, 15) is 9.59 Å². The molecule has 0 spiro atoms. The van der Waals surface area contributed by atoms with Crippen molar-refractivity contribution in [2.75, 3.05) is 11.9 Å². The van der Waals surface area contributed by atoms with Gasteiger partial charge in [-0.05, 0) is 51.5 Å². The Morgan fingerprint density at radius 3 is 2.56 bits per heavy atom. The number of rotatable bonds is 7. The molecule has 0 aliphatic rings. The van der Waals surface area contributed by atoms with Crippen LogP contribution in [-0.2, 0) is 11.3 Å². The standard InChI is InChI=1S/C26H26N4O4/c1-5-33-21-9-7-6-8-20(21)27-22(31)15-30-18(4)14-17(3)23(26(30)32)25-28-24(29-34-25)19-12-10-16(2)11-13-19/h6-14H,5,15H2,1-4H3,(H,27,31). The second-order valence-electron chi connectivity index (χ2n) is 8.00. The van der Waals surface area contributed by atoms with Crippen LogP contribution >= 0.6 is 0 Å². The fraction of sp³-hybridized carbons (Fsp3) is 0.231. The number of carbonyl (C=O) groups is 1. The van der Waals surface area contributed by atoms with E-state index in [4.69, 9.17) is 9.26 Å². The van der Waals surface area contributed by atoms with E-state index in [0.717, 1.165) is 11.1 Å². The smallest absolute Gasteiger partial charge is 0.264 e. The summed E-state index contributed by atoms with van der Waals surface area (Å²) in [4.78, 5) is 30.6. The van der Waals surface area contributed by atoms with Gasteiger partial charge in [-0.3, -0.25) is 9.59 Å². The molecule has 8 nitrogen and oxygen atoms in total. The Bertz CT molecular complexity index is 1390. The zero-order chi connectivity index (χ0) is 24.2. The number of nitrogens with one attached hydrogen (secondary N) is 1. The molecule has 0 aliphatic heterocycles. The molecule has 0 saturated carbocycles. The second kappa shape index (κ2) is 9.74. The van der Waals surface area contributed by atoms with E-state index in [0.29, 0.717) is 35.1 Å². The van der Waals surface area contributed by atoms with E-state index < -0.39 is 0 Å². The van der Waals surface area contributed by atoms with Gasteiger partial charge < -0.3 is 19.1 Å². The Kier molecular flexibility index (Phi) is 6.58. The fourth-order valence-electron chi connectivity index (χ4n) is 3.71. The first-order valence-electron chi connectivity index (χ1n) is 11.0. The molecule has 0 saturated heterocycles. The largest absolute Gasteiger partial charge is 0.492 e. The van der Waals surface area contributed by atoms with Crippen LogP contribution in [0.5, 0.6) is 5.75 Å². The van der Waals surface area contributed by atoms with Crippen molar-refractivity contribution in [3.05, 3.63) is 81.8 Å². The number of aromatic nitrogens is 3. The van der Waals surface area contributed by atoms with Crippen molar-refractivity contribution in [3.63, 3.8) is 0 Å². The molecule has 2 aromatic carbocycles. The quantitative estimate of drug-likeness (QED) is 0.437. The van der Waals surface area contributed by atoms with Crippen LogP contribution in [0.2, 0.25) is 0 Å². The van der Waals surface area contributed by atoms with E-state index in [1.54, 1.807) is 25.1 Å². The molecule has 4 rings (SSSR count). The Morgan fingerprint density at radius 1 is 1.09 bits per heavy atom. The second-order valence-corrected chi connectivity index (χ2v) is 8.00. The highest BCUT2D eigenvalue weighted by Gasteiger charge is 2.20. The number of carbonyl (C=O) groups excluding carboxylic acids is 1. The van der Waals surface area contributed by atoms with Gasteiger partial charge in [-0.2, -0.15) is 4.98 Å². The SMILES string of the molecule is CCOc1ccccc1NC(=O)Cn1c(C)cc(C)c(-c2nc(-c3ccc(C)cc3)no2)c1=O. The molecule has 1 amide bonds. The molecule has 174 valence electrons. The summed E-state index contributed by atoms with van der Waals surface area (Å²) in [6.45, 7) is 7.76. The van der Waals surface area contributed by atoms with E-state index in [-0.39, 0.29) is 29.5 Å². The van der Waals surface area contributed by atoms with Crippen LogP contribution in [-0.4, -0.2) is 27.2 Å². The van der Waals surface area contributed by atoms with Crippen molar-refractivity contribution in [2.24, 2.45) is 0 Å². The van der Waals surface area contributed by atoms with Gasteiger partial charge in [0, 0.05) is 11.3 Å². The Hall–Kier alpha value is -4.20. The molecule has 0 bridgehead atoms. The van der Waals surface area contributed by atoms with Gasteiger partial charge in [-0.15, -0.1) is 0 Å². The maximum Gasteiger partial charge on any atom is 0.264 e. The molecule has 8 heteroatoms. The van der Waals surface area contributed by atoms with Gasteiger partial charge in [0.05, 0.1) is 12.3 Å². The number of benzene rings is 2. The Labute approximate surface area is 197 Å². The molecule has 0 unspecified atom stereocenters. The summed E-state index contributed by atoms with van der Waals surface area (Å²) in [7, 11) is 0. The minimum Gasteiger partial charge on any atom is -0.492 e. The van der Waals surface area contributed by atoms with E-state index in [1.165, 1.54) is 4.57 Å². The Morgan fingerprint density at radius 2 is 1.82 bits per heavy atom. The van der Waals surface area contributed by atoms with Gasteiger partial charge in [0.2, 0.25) is 11.7 Å². The summed E-state index contributed by atoms with van der Waals surface area (Å²) in [5.74, 6) is 0.736. The van der Waals surface area contributed by atoms with Crippen molar-refractivity contribution in [1.29, 1.82) is 0 Å². The summed E-state index contributed by atoms with van der Waals surface area (Å²) in [5.41, 5.74) is 3.71. The molecule has 2 aromatic heterocycles. The third-order valence-electron chi connectivity index (χ3n) is 5.42. The van der Waals surface area contributed by atoms with Crippen molar-refractivity contribution in [2.45, 2.75) is 34.2 Å². The van der Waals surface area contributed by atoms with Gasteiger partial charge in [-0.1, -0.05) is 47.1 Å². The minimum atomic E-state index is -0.371. The molecular weight excluding hydrogens is 432 g/mol. The molecule has 0 fully saturated rings. The van der Waals surface area contributed by atoms with Gasteiger partial charge >= 0.3 is 0 Å². The number of hydrogen-bond acceptors (Lipinski definition) is 6. The minimum absolute atomic E-state index is 0.119. The predicted molar refractivity (Wildman–Crippen MR) is 130 cm³/mol. The van der Waals surface area contributed by atoms with E-state index in [1.807, 2.05) is 57.2 Å². The fourth-order valence-corrected chi connectivity index (χ4v) is 3.71. The summed E-state index contributed by atoms with van der Waals surface area (Å²) in [6, 6.07) is 16.7. The zero-order valence-electron chi connectivity index (χ0n) is 19.6. The maximum atomic E-state index is 13.4. The average Bonchev–Trinajstić information content (AvgIpc) is 3.28. The van der Waals surface area contributed by atoms with Crippen LogP contribution in [0, 0.1) is 20.8 Å². The summed E-state index contributed by atoms with van der Waals surface area (Å²) < 4.78 is 12.4. The third kappa shape index (κ3) is 4.76. The lowest BCUT2D eigenvalue weighted by Crippen LogP contribution is -2.30. The molecule has 0 radical (unpaired) electrons. The monoisotopic (exact) mass is 458 g/mol.